The molecule has 2 aliphatic rings. The van der Waals surface area contributed by atoms with E-state index in [0.717, 1.165) is 35.0 Å². The first-order valence-electron chi connectivity index (χ1n) is 8.22. The monoisotopic (exact) mass is 307 g/mol. The number of hydrogen-bond acceptors (Lipinski definition) is 4. The molecule has 0 radical (unpaired) electrons. The van der Waals surface area contributed by atoms with Crippen LogP contribution in [0.5, 0.6) is 0 Å². The molecular weight excluding hydrogens is 282 g/mol. The molecule has 1 amide bonds. The van der Waals surface area contributed by atoms with Gasteiger partial charge < -0.3 is 5.32 Å². The highest BCUT2D eigenvalue weighted by Crippen LogP contribution is 2.23. The van der Waals surface area contributed by atoms with Crippen LogP contribution in [0.2, 0.25) is 0 Å². The molecule has 0 bridgehead atoms. The van der Waals surface area contributed by atoms with Gasteiger partial charge in [0.25, 0.3) is 5.91 Å². The minimum atomic E-state index is 0.0876. The van der Waals surface area contributed by atoms with E-state index in [1.54, 1.807) is 11.3 Å². The number of rotatable bonds is 4. The molecule has 1 saturated heterocycles. The predicted octanol–water partition coefficient (Wildman–Crippen LogP) is 3.11. The molecule has 3 rings (SSSR count). The van der Waals surface area contributed by atoms with Crippen LogP contribution in [0.4, 0.5) is 0 Å². The van der Waals surface area contributed by atoms with Crippen LogP contribution in [0.15, 0.2) is 0 Å². The Hall–Kier alpha value is -0.940. The van der Waals surface area contributed by atoms with Gasteiger partial charge in [-0.25, -0.2) is 4.98 Å². The van der Waals surface area contributed by atoms with Crippen LogP contribution in [-0.2, 0) is 6.54 Å². The molecule has 0 aromatic carbocycles. The van der Waals surface area contributed by atoms with Crippen molar-refractivity contribution in [3.05, 3.63) is 15.6 Å². The van der Waals surface area contributed by atoms with Gasteiger partial charge in [-0.1, -0.05) is 19.3 Å². The molecule has 0 spiro atoms. The van der Waals surface area contributed by atoms with Gasteiger partial charge in [-0.15, -0.1) is 11.3 Å². The first kappa shape index (κ1) is 15.0. The number of aromatic nitrogens is 1. The fourth-order valence-electron chi connectivity index (χ4n) is 3.36. The molecule has 2 fully saturated rings. The molecule has 0 unspecified atom stereocenters. The second kappa shape index (κ2) is 6.88. The Labute approximate surface area is 130 Å². The zero-order valence-corrected chi connectivity index (χ0v) is 13.7. The lowest BCUT2D eigenvalue weighted by atomic mass is 9.95. The third-order valence-corrected chi connectivity index (χ3v) is 5.69. The van der Waals surface area contributed by atoms with Gasteiger partial charge in [0.2, 0.25) is 0 Å². The Kier molecular flexibility index (Phi) is 4.91. The summed E-state index contributed by atoms with van der Waals surface area (Å²) in [6, 6.07) is 0.370. The van der Waals surface area contributed by atoms with E-state index < -0.39 is 0 Å². The maximum atomic E-state index is 12.4. The molecule has 4 nitrogen and oxygen atoms in total. The summed E-state index contributed by atoms with van der Waals surface area (Å²) in [6.45, 7) is 5.20. The Bertz CT molecular complexity index is 488. The standard InChI is InChI=1S/C16H25N3OS/c1-12-15(16(20)18-13-7-3-2-4-8-13)21-14(17-12)11-19-9-5-6-10-19/h13H,2-11H2,1H3,(H,18,20). The minimum Gasteiger partial charge on any atom is -0.349 e. The van der Waals surface area contributed by atoms with Crippen LogP contribution < -0.4 is 5.32 Å². The molecule has 2 heterocycles. The molecule has 21 heavy (non-hydrogen) atoms. The number of likely N-dealkylation sites (tertiary alicyclic amines) is 1. The Morgan fingerprint density at radius 3 is 2.67 bits per heavy atom. The van der Waals surface area contributed by atoms with Crippen molar-refractivity contribution in [3.63, 3.8) is 0 Å². The summed E-state index contributed by atoms with van der Waals surface area (Å²) >= 11 is 1.58. The van der Waals surface area contributed by atoms with E-state index in [0.29, 0.717) is 6.04 Å². The number of nitrogens with one attached hydrogen (secondary N) is 1. The number of hydrogen-bond donors (Lipinski definition) is 1. The highest BCUT2D eigenvalue weighted by molar-refractivity contribution is 7.13. The first-order chi connectivity index (χ1) is 10.2. The molecule has 1 aromatic heterocycles. The van der Waals surface area contributed by atoms with Gasteiger partial charge in [0.1, 0.15) is 9.88 Å². The highest BCUT2D eigenvalue weighted by atomic mass is 32.1. The van der Waals surface area contributed by atoms with Crippen molar-refractivity contribution in [1.29, 1.82) is 0 Å². The maximum Gasteiger partial charge on any atom is 0.263 e. The molecule has 1 aliphatic carbocycles. The van der Waals surface area contributed by atoms with Gasteiger partial charge >= 0.3 is 0 Å². The van der Waals surface area contributed by atoms with Gasteiger partial charge in [-0.2, -0.15) is 0 Å². The summed E-state index contributed by atoms with van der Waals surface area (Å²) in [6.07, 6.45) is 8.64. The fourth-order valence-corrected chi connectivity index (χ4v) is 4.37. The summed E-state index contributed by atoms with van der Waals surface area (Å²) < 4.78 is 0. The summed E-state index contributed by atoms with van der Waals surface area (Å²) in [7, 11) is 0. The Morgan fingerprint density at radius 2 is 1.95 bits per heavy atom. The minimum absolute atomic E-state index is 0.0876. The van der Waals surface area contributed by atoms with E-state index in [9.17, 15) is 4.79 Å². The third-order valence-electron chi connectivity index (χ3n) is 4.55. The molecule has 116 valence electrons. The normalized spacial score (nSPS) is 20.8. The molecule has 5 heteroatoms. The molecule has 1 aliphatic heterocycles. The first-order valence-corrected chi connectivity index (χ1v) is 9.03. The Morgan fingerprint density at radius 1 is 1.24 bits per heavy atom. The molecule has 1 aromatic rings. The number of carbonyl (C=O) groups excluding carboxylic acids is 1. The quantitative estimate of drug-likeness (QED) is 0.929. The van der Waals surface area contributed by atoms with Crippen LogP contribution in [0.1, 0.15) is 65.3 Å². The average Bonchev–Trinajstić information content (AvgIpc) is 3.10. The summed E-state index contributed by atoms with van der Waals surface area (Å²) in [4.78, 5) is 20.3. The lowest BCUT2D eigenvalue weighted by Crippen LogP contribution is -2.36. The predicted molar refractivity (Wildman–Crippen MR) is 85.7 cm³/mol. The lowest BCUT2D eigenvalue weighted by molar-refractivity contribution is 0.0931. The third kappa shape index (κ3) is 3.83. The highest BCUT2D eigenvalue weighted by Gasteiger charge is 2.21. The van der Waals surface area contributed by atoms with E-state index in [-0.39, 0.29) is 5.91 Å². The molecule has 1 N–H and O–H groups in total. The van der Waals surface area contributed by atoms with Crippen LogP contribution in [0, 0.1) is 6.92 Å². The fraction of sp³-hybridized carbons (Fsp3) is 0.750. The van der Waals surface area contributed by atoms with Crippen molar-refractivity contribution in [2.75, 3.05) is 13.1 Å². The Balaban J connectivity index is 1.61. The second-order valence-electron chi connectivity index (χ2n) is 6.31. The summed E-state index contributed by atoms with van der Waals surface area (Å²) in [5.74, 6) is 0.0876. The van der Waals surface area contributed by atoms with Gasteiger partial charge in [0, 0.05) is 6.04 Å². The van der Waals surface area contributed by atoms with Gasteiger partial charge in [-0.3, -0.25) is 9.69 Å². The topological polar surface area (TPSA) is 45.2 Å². The van der Waals surface area contributed by atoms with E-state index >= 15 is 0 Å². The smallest absolute Gasteiger partial charge is 0.263 e. The number of carbonyl (C=O) groups is 1. The van der Waals surface area contributed by atoms with Crippen molar-refractivity contribution >= 4 is 17.2 Å². The maximum absolute atomic E-state index is 12.4. The van der Waals surface area contributed by atoms with Crippen LogP contribution in [-0.4, -0.2) is 34.9 Å². The molecule has 0 atom stereocenters. The molecular formula is C16H25N3OS. The number of amides is 1. The second-order valence-corrected chi connectivity index (χ2v) is 7.40. The van der Waals surface area contributed by atoms with E-state index in [4.69, 9.17) is 0 Å². The van der Waals surface area contributed by atoms with Crippen LogP contribution in [0.3, 0.4) is 0 Å². The van der Waals surface area contributed by atoms with E-state index in [1.807, 2.05) is 6.92 Å². The average molecular weight is 307 g/mol. The van der Waals surface area contributed by atoms with Gasteiger partial charge in [0.15, 0.2) is 0 Å². The van der Waals surface area contributed by atoms with Crippen LogP contribution >= 0.6 is 11.3 Å². The number of nitrogens with zero attached hydrogens (tertiary/aromatic N) is 2. The summed E-state index contributed by atoms with van der Waals surface area (Å²) in [5, 5.41) is 4.29. The van der Waals surface area contributed by atoms with E-state index in [1.165, 1.54) is 45.2 Å². The number of aryl methyl sites for hydroxylation is 1. The van der Waals surface area contributed by atoms with E-state index in [2.05, 4.69) is 15.2 Å². The largest absolute Gasteiger partial charge is 0.349 e. The van der Waals surface area contributed by atoms with Crippen molar-refractivity contribution < 1.29 is 4.79 Å². The zero-order chi connectivity index (χ0) is 14.7. The molecule has 1 saturated carbocycles. The van der Waals surface area contributed by atoms with Crippen molar-refractivity contribution in [2.45, 2.75) is 64.5 Å². The summed E-state index contributed by atoms with van der Waals surface area (Å²) in [5.41, 5.74) is 0.891. The van der Waals surface area contributed by atoms with Crippen molar-refractivity contribution in [1.82, 2.24) is 15.2 Å². The van der Waals surface area contributed by atoms with Gasteiger partial charge in [-0.05, 0) is 45.7 Å². The van der Waals surface area contributed by atoms with Crippen LogP contribution in [0.25, 0.3) is 0 Å². The van der Waals surface area contributed by atoms with Gasteiger partial charge in [0.05, 0.1) is 12.2 Å². The SMILES string of the molecule is Cc1nc(CN2CCCC2)sc1C(=O)NC1CCCCC1. The van der Waals surface area contributed by atoms with Crippen molar-refractivity contribution in [2.24, 2.45) is 0 Å². The zero-order valence-electron chi connectivity index (χ0n) is 12.9. The van der Waals surface area contributed by atoms with Crippen molar-refractivity contribution in [3.8, 4) is 0 Å². The number of thiazole rings is 1. The lowest BCUT2D eigenvalue weighted by Gasteiger charge is -2.22.